The third kappa shape index (κ3) is 3.56. The Hall–Kier alpha value is -2.41. The van der Waals surface area contributed by atoms with Gasteiger partial charge >= 0.3 is 0 Å². The minimum Gasteiger partial charge on any atom is -0.368 e. The summed E-state index contributed by atoms with van der Waals surface area (Å²) in [5, 5.41) is 2.92. The number of nitrogens with zero attached hydrogens (tertiary/aromatic N) is 2. The van der Waals surface area contributed by atoms with Crippen molar-refractivity contribution < 1.29 is 14.4 Å². The maximum Gasteiger partial charge on any atom is 0.240 e. The highest BCUT2D eigenvalue weighted by molar-refractivity contribution is 5.92. The Kier molecular flexibility index (Phi) is 4.86. The summed E-state index contributed by atoms with van der Waals surface area (Å²) in [6.45, 7) is 1.68. The molecule has 4 atom stereocenters. The SMILES string of the molecule is NC(=O)[C@H]1[C@@H]2C[C@@H](CN(CC(=O)Nc3ccccc3)C2)[C@@H]2CCCC(=O)N21. The zero-order chi connectivity index (χ0) is 19.0. The van der Waals surface area contributed by atoms with Gasteiger partial charge in [-0.15, -0.1) is 0 Å². The molecule has 4 rings (SSSR count). The highest BCUT2D eigenvalue weighted by Gasteiger charge is 2.51. The minimum atomic E-state index is -0.543. The summed E-state index contributed by atoms with van der Waals surface area (Å²) in [5.41, 5.74) is 6.47. The number of carbonyl (C=O) groups excluding carboxylic acids is 3. The van der Waals surface area contributed by atoms with E-state index in [1.54, 1.807) is 4.90 Å². The second-order valence-corrected chi connectivity index (χ2v) is 7.97. The number of piperidine rings is 3. The fourth-order valence-electron chi connectivity index (χ4n) is 5.17. The molecule has 1 aromatic carbocycles. The van der Waals surface area contributed by atoms with Gasteiger partial charge in [-0.1, -0.05) is 18.2 Å². The number of amides is 3. The van der Waals surface area contributed by atoms with E-state index in [2.05, 4.69) is 10.2 Å². The Balaban J connectivity index is 1.47. The van der Waals surface area contributed by atoms with Gasteiger partial charge in [0.2, 0.25) is 17.7 Å². The fourth-order valence-corrected chi connectivity index (χ4v) is 5.17. The summed E-state index contributed by atoms with van der Waals surface area (Å²) < 4.78 is 0. The smallest absolute Gasteiger partial charge is 0.240 e. The van der Waals surface area contributed by atoms with Gasteiger partial charge in [-0.3, -0.25) is 19.3 Å². The minimum absolute atomic E-state index is 0.00377. The summed E-state index contributed by atoms with van der Waals surface area (Å²) in [4.78, 5) is 41.0. The average molecular weight is 370 g/mol. The second kappa shape index (κ2) is 7.31. The highest BCUT2D eigenvalue weighted by Crippen LogP contribution is 2.41. The number of hydrogen-bond acceptors (Lipinski definition) is 4. The molecule has 3 aliphatic heterocycles. The molecule has 3 fully saturated rings. The van der Waals surface area contributed by atoms with Gasteiger partial charge in [-0.25, -0.2) is 0 Å². The van der Waals surface area contributed by atoms with Crippen LogP contribution in [0.4, 0.5) is 5.69 Å². The number of anilines is 1. The van der Waals surface area contributed by atoms with Crippen molar-refractivity contribution in [2.45, 2.75) is 37.8 Å². The van der Waals surface area contributed by atoms with E-state index in [4.69, 9.17) is 5.73 Å². The predicted octanol–water partition coefficient (Wildman–Crippen LogP) is 0.812. The predicted molar refractivity (Wildman–Crippen MR) is 101 cm³/mol. The molecule has 1 aromatic rings. The lowest BCUT2D eigenvalue weighted by Crippen LogP contribution is -2.68. The summed E-state index contributed by atoms with van der Waals surface area (Å²) in [7, 11) is 0. The lowest BCUT2D eigenvalue weighted by atomic mass is 9.72. The number of para-hydroxylation sites is 1. The molecule has 3 amide bonds. The van der Waals surface area contributed by atoms with Crippen LogP contribution in [-0.2, 0) is 14.4 Å². The number of benzene rings is 1. The van der Waals surface area contributed by atoms with E-state index in [-0.39, 0.29) is 30.3 Å². The molecule has 0 radical (unpaired) electrons. The van der Waals surface area contributed by atoms with E-state index in [9.17, 15) is 14.4 Å². The zero-order valence-corrected chi connectivity index (χ0v) is 15.3. The van der Waals surface area contributed by atoms with Gasteiger partial charge in [0.1, 0.15) is 6.04 Å². The molecule has 7 heteroatoms. The van der Waals surface area contributed by atoms with Crippen LogP contribution in [0.25, 0.3) is 0 Å². The van der Waals surface area contributed by atoms with Gasteiger partial charge in [-0.2, -0.15) is 0 Å². The highest BCUT2D eigenvalue weighted by atomic mass is 16.2. The van der Waals surface area contributed by atoms with Crippen molar-refractivity contribution in [2.75, 3.05) is 25.0 Å². The molecule has 3 N–H and O–H groups in total. The summed E-state index contributed by atoms with van der Waals surface area (Å²) in [6, 6.07) is 8.91. The zero-order valence-electron chi connectivity index (χ0n) is 15.3. The molecule has 7 nitrogen and oxygen atoms in total. The largest absolute Gasteiger partial charge is 0.368 e. The fraction of sp³-hybridized carbons (Fsp3) is 0.550. The van der Waals surface area contributed by atoms with Gasteiger partial charge in [0.15, 0.2) is 0 Å². The van der Waals surface area contributed by atoms with Crippen molar-refractivity contribution in [3.8, 4) is 0 Å². The van der Waals surface area contributed by atoms with Gasteiger partial charge in [0.05, 0.1) is 6.54 Å². The lowest BCUT2D eigenvalue weighted by molar-refractivity contribution is -0.159. The van der Waals surface area contributed by atoms with Crippen LogP contribution >= 0.6 is 0 Å². The van der Waals surface area contributed by atoms with Crippen LogP contribution in [0.3, 0.4) is 0 Å². The maximum absolute atomic E-state index is 12.5. The van der Waals surface area contributed by atoms with E-state index in [1.165, 1.54) is 0 Å². The Labute approximate surface area is 158 Å². The van der Waals surface area contributed by atoms with Crippen molar-refractivity contribution in [3.05, 3.63) is 30.3 Å². The third-order valence-corrected chi connectivity index (χ3v) is 6.13. The number of likely N-dealkylation sites (tertiary alicyclic amines) is 1. The molecule has 2 bridgehead atoms. The number of nitrogens with two attached hydrogens (primary N) is 1. The van der Waals surface area contributed by atoms with Gasteiger partial charge in [-0.05, 0) is 37.3 Å². The quantitative estimate of drug-likeness (QED) is 0.820. The van der Waals surface area contributed by atoms with Crippen molar-refractivity contribution in [1.82, 2.24) is 9.80 Å². The van der Waals surface area contributed by atoms with Crippen LogP contribution in [0, 0.1) is 11.8 Å². The number of carbonyl (C=O) groups is 3. The molecule has 144 valence electrons. The Morgan fingerprint density at radius 2 is 1.89 bits per heavy atom. The molecular formula is C20H26N4O3. The summed E-state index contributed by atoms with van der Waals surface area (Å²) in [6.07, 6.45) is 3.18. The standard InChI is InChI=1S/C20H26N4O3/c21-20(27)19-14-9-13(16-7-4-8-18(26)24(16)19)10-23(11-14)12-17(25)22-15-5-2-1-3-6-15/h1-3,5-6,13-14,16,19H,4,7-12H2,(H2,21,27)(H,22,25)/t13-,14+,16-,19+/m0/s1. The first-order chi connectivity index (χ1) is 13.0. The number of primary amides is 1. The maximum atomic E-state index is 12.5. The number of rotatable bonds is 4. The van der Waals surface area contributed by atoms with Crippen molar-refractivity contribution in [1.29, 1.82) is 0 Å². The lowest BCUT2D eigenvalue weighted by Gasteiger charge is -2.55. The number of hydrogen-bond donors (Lipinski definition) is 2. The monoisotopic (exact) mass is 370 g/mol. The van der Waals surface area contributed by atoms with Crippen LogP contribution in [-0.4, -0.2) is 59.2 Å². The third-order valence-electron chi connectivity index (χ3n) is 6.13. The topological polar surface area (TPSA) is 95.7 Å². The molecular weight excluding hydrogens is 344 g/mol. The van der Waals surface area contributed by atoms with Crippen molar-refractivity contribution in [3.63, 3.8) is 0 Å². The molecule has 0 spiro atoms. The Bertz CT molecular complexity index is 738. The average Bonchev–Trinajstić information content (AvgIpc) is 2.63. The first kappa shape index (κ1) is 18.0. The molecule has 3 aliphatic rings. The van der Waals surface area contributed by atoms with E-state index in [0.717, 1.165) is 31.5 Å². The van der Waals surface area contributed by atoms with Gasteiger partial charge < -0.3 is 16.0 Å². The van der Waals surface area contributed by atoms with Gasteiger partial charge in [0.25, 0.3) is 0 Å². The van der Waals surface area contributed by atoms with Crippen molar-refractivity contribution >= 4 is 23.4 Å². The number of fused-ring (bicyclic) bond motifs is 4. The molecule has 0 aliphatic carbocycles. The van der Waals surface area contributed by atoms with E-state index < -0.39 is 11.9 Å². The molecule has 0 saturated carbocycles. The molecule has 3 heterocycles. The van der Waals surface area contributed by atoms with Gasteiger partial charge in [0, 0.05) is 37.2 Å². The van der Waals surface area contributed by atoms with E-state index in [0.29, 0.717) is 18.9 Å². The second-order valence-electron chi connectivity index (χ2n) is 7.97. The summed E-state index contributed by atoms with van der Waals surface area (Å²) in [5.74, 6) is -0.125. The Morgan fingerprint density at radius 3 is 2.63 bits per heavy atom. The van der Waals surface area contributed by atoms with Crippen LogP contribution < -0.4 is 11.1 Å². The summed E-state index contributed by atoms with van der Waals surface area (Å²) >= 11 is 0. The Morgan fingerprint density at radius 1 is 1.15 bits per heavy atom. The molecule has 3 saturated heterocycles. The normalized spacial score (nSPS) is 30.5. The van der Waals surface area contributed by atoms with Crippen LogP contribution in [0.2, 0.25) is 0 Å². The van der Waals surface area contributed by atoms with Crippen molar-refractivity contribution in [2.24, 2.45) is 17.6 Å². The first-order valence-corrected chi connectivity index (χ1v) is 9.70. The molecule has 0 unspecified atom stereocenters. The first-order valence-electron chi connectivity index (χ1n) is 9.70. The van der Waals surface area contributed by atoms with E-state index in [1.807, 2.05) is 30.3 Å². The number of nitrogens with one attached hydrogen (secondary N) is 1. The molecule has 27 heavy (non-hydrogen) atoms. The molecule has 0 aromatic heterocycles. The van der Waals surface area contributed by atoms with Crippen LogP contribution in [0.15, 0.2) is 30.3 Å². The van der Waals surface area contributed by atoms with Crippen LogP contribution in [0.1, 0.15) is 25.7 Å². The van der Waals surface area contributed by atoms with E-state index >= 15 is 0 Å². The van der Waals surface area contributed by atoms with Crippen LogP contribution in [0.5, 0.6) is 0 Å².